The molecule has 32 heavy (non-hydrogen) atoms. The van der Waals surface area contributed by atoms with Gasteiger partial charge in [-0.25, -0.2) is 4.39 Å². The van der Waals surface area contributed by atoms with Gasteiger partial charge in [0.15, 0.2) is 0 Å². The van der Waals surface area contributed by atoms with Gasteiger partial charge in [-0.05, 0) is 56.2 Å². The summed E-state index contributed by atoms with van der Waals surface area (Å²) in [5, 5.41) is 13.8. The van der Waals surface area contributed by atoms with Gasteiger partial charge in [-0.1, -0.05) is 55.3 Å². The molecule has 2 N–H and O–H groups in total. The molecule has 1 aromatic carbocycles. The van der Waals surface area contributed by atoms with Crippen LogP contribution in [0.15, 0.2) is 23.4 Å². The van der Waals surface area contributed by atoms with Crippen LogP contribution in [0.1, 0.15) is 82.7 Å². The van der Waals surface area contributed by atoms with Crippen molar-refractivity contribution in [3.8, 4) is 0 Å². The third-order valence-electron chi connectivity index (χ3n) is 7.54. The monoisotopic (exact) mass is 482 g/mol. The molecule has 0 radical (unpaired) electrons. The van der Waals surface area contributed by atoms with Crippen molar-refractivity contribution in [3.05, 3.63) is 44.8 Å². The Morgan fingerprint density at radius 2 is 1.78 bits per heavy atom. The number of rotatable bonds is 5. The summed E-state index contributed by atoms with van der Waals surface area (Å²) in [4.78, 5) is 15.5. The van der Waals surface area contributed by atoms with Crippen molar-refractivity contribution in [1.29, 1.82) is 0 Å². The molecular formula is C25H33Cl2FN2O2. The van der Waals surface area contributed by atoms with Crippen LogP contribution in [-0.2, 0) is 4.79 Å². The average molecular weight is 483 g/mol. The number of hydrogen-bond donors (Lipinski definition) is 2. The van der Waals surface area contributed by atoms with E-state index in [1.165, 1.54) is 44.2 Å². The highest BCUT2D eigenvalue weighted by Gasteiger charge is 2.37. The van der Waals surface area contributed by atoms with Crippen molar-refractivity contribution in [2.24, 2.45) is 5.92 Å². The van der Waals surface area contributed by atoms with Gasteiger partial charge in [-0.3, -0.25) is 4.79 Å². The van der Waals surface area contributed by atoms with E-state index in [9.17, 15) is 14.3 Å². The number of carbonyl (C=O) groups is 1. The highest BCUT2D eigenvalue weighted by atomic mass is 35.5. The first-order valence-corrected chi connectivity index (χ1v) is 12.7. The van der Waals surface area contributed by atoms with E-state index in [1.54, 1.807) is 0 Å². The van der Waals surface area contributed by atoms with Gasteiger partial charge in [-0.15, -0.1) is 0 Å². The van der Waals surface area contributed by atoms with Gasteiger partial charge in [0.2, 0.25) is 5.91 Å². The van der Waals surface area contributed by atoms with E-state index in [1.807, 2.05) is 6.92 Å². The number of aliphatic hydroxyl groups is 1. The topological polar surface area (TPSA) is 52.6 Å². The second-order valence-electron chi connectivity index (χ2n) is 9.66. The zero-order valence-electron chi connectivity index (χ0n) is 18.7. The van der Waals surface area contributed by atoms with Crippen LogP contribution in [0, 0.1) is 11.7 Å². The fourth-order valence-electron chi connectivity index (χ4n) is 5.63. The fraction of sp³-hybridized carbons (Fsp3) is 0.640. The average Bonchev–Trinajstić information content (AvgIpc) is 3.09. The molecule has 2 fully saturated rings. The molecule has 3 atom stereocenters. The van der Waals surface area contributed by atoms with Crippen molar-refractivity contribution in [2.75, 3.05) is 6.54 Å². The highest BCUT2D eigenvalue weighted by Crippen LogP contribution is 2.44. The molecule has 0 aromatic heterocycles. The molecule has 0 saturated heterocycles. The molecule has 0 spiro atoms. The molecule has 1 unspecified atom stereocenters. The van der Waals surface area contributed by atoms with Crippen molar-refractivity contribution in [1.82, 2.24) is 10.2 Å². The normalized spacial score (nSPS) is 27.2. The minimum Gasteiger partial charge on any atom is -0.391 e. The van der Waals surface area contributed by atoms with E-state index >= 15 is 0 Å². The Hall–Kier alpha value is -1.30. The van der Waals surface area contributed by atoms with Gasteiger partial charge in [0.25, 0.3) is 0 Å². The van der Waals surface area contributed by atoms with E-state index in [0.717, 1.165) is 37.9 Å². The lowest BCUT2D eigenvalue weighted by Crippen LogP contribution is -2.45. The predicted octanol–water partition coefficient (Wildman–Crippen LogP) is 6.15. The maximum atomic E-state index is 14.4. The second kappa shape index (κ2) is 10.3. The molecule has 4 rings (SSSR count). The summed E-state index contributed by atoms with van der Waals surface area (Å²) < 4.78 is 14.4. The summed E-state index contributed by atoms with van der Waals surface area (Å²) >= 11 is 12.5. The maximum Gasteiger partial charge on any atom is 0.249 e. The molecule has 176 valence electrons. The van der Waals surface area contributed by atoms with Gasteiger partial charge in [-0.2, -0.15) is 0 Å². The third-order valence-corrected chi connectivity index (χ3v) is 8.16. The molecule has 4 nitrogen and oxygen atoms in total. The molecule has 1 aromatic rings. The van der Waals surface area contributed by atoms with Gasteiger partial charge in [0, 0.05) is 29.3 Å². The quantitative estimate of drug-likeness (QED) is 0.494. The number of allylic oxidation sites excluding steroid dienone is 1. The van der Waals surface area contributed by atoms with Gasteiger partial charge in [0.05, 0.1) is 23.2 Å². The first-order chi connectivity index (χ1) is 15.3. The zero-order valence-corrected chi connectivity index (χ0v) is 20.2. The molecule has 3 aliphatic rings. The minimum absolute atomic E-state index is 0.00418. The van der Waals surface area contributed by atoms with E-state index in [4.69, 9.17) is 23.2 Å². The summed E-state index contributed by atoms with van der Waals surface area (Å²) in [6.07, 6.45) is 9.58. The molecule has 1 amide bonds. The Labute approximate surface area is 200 Å². The van der Waals surface area contributed by atoms with Crippen LogP contribution < -0.4 is 5.32 Å². The van der Waals surface area contributed by atoms with Crippen LogP contribution in [0.4, 0.5) is 4.39 Å². The molecule has 2 aliphatic carbocycles. The number of nitrogens with zero attached hydrogens (tertiary/aromatic N) is 1. The first kappa shape index (κ1) is 23.8. The Bertz CT molecular complexity index is 885. The van der Waals surface area contributed by atoms with Crippen LogP contribution in [-0.4, -0.2) is 34.6 Å². The molecule has 7 heteroatoms. The summed E-state index contributed by atoms with van der Waals surface area (Å²) in [6.45, 7) is 2.81. The lowest BCUT2D eigenvalue weighted by atomic mass is 9.88. The Morgan fingerprint density at radius 3 is 2.50 bits per heavy atom. The number of hydrogen-bond acceptors (Lipinski definition) is 3. The molecular weight excluding hydrogens is 450 g/mol. The van der Waals surface area contributed by atoms with Crippen LogP contribution in [0.3, 0.4) is 0 Å². The summed E-state index contributed by atoms with van der Waals surface area (Å²) in [7, 11) is 0. The summed E-state index contributed by atoms with van der Waals surface area (Å²) in [5.74, 6) is -0.0700. The number of halogens is 3. The fourth-order valence-corrected chi connectivity index (χ4v) is 6.14. The van der Waals surface area contributed by atoms with Gasteiger partial charge in [0.1, 0.15) is 5.82 Å². The lowest BCUT2D eigenvalue weighted by molar-refractivity contribution is -0.119. The van der Waals surface area contributed by atoms with Crippen LogP contribution in [0.5, 0.6) is 0 Å². The summed E-state index contributed by atoms with van der Waals surface area (Å²) in [6, 6.07) is 2.47. The third kappa shape index (κ3) is 5.10. The number of benzene rings is 1. The summed E-state index contributed by atoms with van der Waals surface area (Å²) in [5.41, 5.74) is 2.30. The number of amides is 1. The minimum atomic E-state index is -0.496. The Balaban J connectivity index is 1.60. The number of aliphatic hydroxyl groups excluding tert-OH is 1. The van der Waals surface area contributed by atoms with Crippen LogP contribution in [0.2, 0.25) is 10.0 Å². The maximum absolute atomic E-state index is 14.4. The SMILES string of the molecule is CC1=C(C(=O)N[C@H]2CCCC[C@@H]2O)CC(c2cc(F)c(Cl)cc2Cl)N1CC1CCCCC1. The smallest absolute Gasteiger partial charge is 0.249 e. The standard InChI is InChI=1S/C25H33Cl2FN2O2/c1-15-17(25(32)29-22-9-5-6-10-24(22)31)12-23(18-11-21(28)20(27)13-19(18)26)30(15)14-16-7-3-2-4-8-16/h11,13,16,22-24,31H,2-10,12,14H2,1H3,(H,29,32)/t22-,23?,24-/m0/s1. The molecule has 2 saturated carbocycles. The Kier molecular flexibility index (Phi) is 7.69. The zero-order chi connectivity index (χ0) is 22.8. The number of nitrogens with one attached hydrogen (secondary N) is 1. The van der Waals surface area contributed by atoms with Crippen molar-refractivity contribution < 1.29 is 14.3 Å². The van der Waals surface area contributed by atoms with E-state index in [2.05, 4.69) is 10.2 Å². The predicted molar refractivity (Wildman–Crippen MR) is 126 cm³/mol. The van der Waals surface area contributed by atoms with Crippen molar-refractivity contribution in [3.63, 3.8) is 0 Å². The molecule has 1 heterocycles. The lowest BCUT2D eigenvalue weighted by Gasteiger charge is -2.34. The van der Waals surface area contributed by atoms with Gasteiger partial charge >= 0.3 is 0 Å². The van der Waals surface area contributed by atoms with Crippen molar-refractivity contribution >= 4 is 29.1 Å². The molecule has 0 bridgehead atoms. The molecule has 1 aliphatic heterocycles. The largest absolute Gasteiger partial charge is 0.391 e. The van der Waals surface area contributed by atoms with E-state index < -0.39 is 11.9 Å². The first-order valence-electron chi connectivity index (χ1n) is 11.9. The number of carbonyl (C=O) groups excluding carboxylic acids is 1. The van der Waals surface area contributed by atoms with Crippen LogP contribution >= 0.6 is 23.2 Å². The highest BCUT2D eigenvalue weighted by molar-refractivity contribution is 6.35. The van der Waals surface area contributed by atoms with Gasteiger partial charge < -0.3 is 15.3 Å². The van der Waals surface area contributed by atoms with Crippen LogP contribution in [0.25, 0.3) is 0 Å². The van der Waals surface area contributed by atoms with Crippen molar-refractivity contribution in [2.45, 2.75) is 89.3 Å². The Morgan fingerprint density at radius 1 is 1.09 bits per heavy atom. The second-order valence-corrected chi connectivity index (χ2v) is 10.5. The van der Waals surface area contributed by atoms with E-state index in [-0.39, 0.29) is 23.0 Å². The van der Waals surface area contributed by atoms with E-state index in [0.29, 0.717) is 28.5 Å².